The molecule has 0 aliphatic carbocycles. The molecule has 0 N–H and O–H groups in total. The van der Waals surface area contributed by atoms with Crippen LogP contribution in [0.1, 0.15) is 11.1 Å². The lowest BCUT2D eigenvalue weighted by Crippen LogP contribution is -2.31. The molecule has 1 aliphatic heterocycles. The maximum atomic E-state index is 13.1. The second kappa shape index (κ2) is 7.46. The third-order valence-corrected chi connectivity index (χ3v) is 5.63. The van der Waals surface area contributed by atoms with E-state index in [1.54, 1.807) is 24.7 Å². The molecule has 3 heterocycles. The van der Waals surface area contributed by atoms with Crippen LogP contribution in [0.15, 0.2) is 80.9 Å². The van der Waals surface area contributed by atoms with Gasteiger partial charge >= 0.3 is 0 Å². The van der Waals surface area contributed by atoms with Crippen molar-refractivity contribution in [3.05, 3.63) is 93.0 Å². The van der Waals surface area contributed by atoms with Crippen LogP contribution in [0, 0.1) is 0 Å². The summed E-state index contributed by atoms with van der Waals surface area (Å²) in [4.78, 5) is 19.4. The summed E-state index contributed by atoms with van der Waals surface area (Å²) in [6.07, 6.45) is 5.12. The molecule has 0 saturated carbocycles. The fourth-order valence-electron chi connectivity index (χ4n) is 3.63. The molecule has 6 heteroatoms. The highest BCUT2D eigenvalue weighted by atomic mass is 79.9. The van der Waals surface area contributed by atoms with Crippen molar-refractivity contribution in [1.82, 2.24) is 9.88 Å². The maximum absolute atomic E-state index is 13.1. The summed E-state index contributed by atoms with van der Waals surface area (Å²) in [5.74, 6) is 0.767. The van der Waals surface area contributed by atoms with E-state index in [4.69, 9.17) is 9.15 Å². The Bertz CT molecular complexity index is 1240. The van der Waals surface area contributed by atoms with E-state index in [1.165, 1.54) is 0 Å². The third-order valence-electron chi connectivity index (χ3n) is 5.10. The largest absolute Gasteiger partial charge is 0.478 e. The number of nitrogens with zero attached hydrogens (tertiary/aromatic N) is 2. The first-order chi connectivity index (χ1) is 14.2. The highest BCUT2D eigenvalue weighted by Gasteiger charge is 2.23. The van der Waals surface area contributed by atoms with Crippen molar-refractivity contribution in [2.75, 3.05) is 6.73 Å². The van der Waals surface area contributed by atoms with E-state index in [9.17, 15) is 4.79 Å². The predicted octanol–water partition coefficient (Wildman–Crippen LogP) is 4.97. The van der Waals surface area contributed by atoms with E-state index in [-0.39, 0.29) is 5.43 Å². The molecule has 5 rings (SSSR count). The number of pyridine rings is 1. The van der Waals surface area contributed by atoms with Gasteiger partial charge in [0.2, 0.25) is 5.43 Å². The fraction of sp³-hybridized carbons (Fsp3) is 0.130. The van der Waals surface area contributed by atoms with E-state index >= 15 is 0 Å². The fourth-order valence-corrected chi connectivity index (χ4v) is 3.90. The SMILES string of the molecule is O=c1c(-c2ccc(Br)cc2)coc2c3c(ccc12)OCN(Cc1ccncc1)C3. The van der Waals surface area contributed by atoms with Crippen molar-refractivity contribution >= 4 is 26.9 Å². The van der Waals surface area contributed by atoms with Gasteiger partial charge in [0.05, 0.1) is 16.5 Å². The van der Waals surface area contributed by atoms with E-state index in [1.807, 2.05) is 42.5 Å². The Kier molecular flexibility index (Phi) is 4.66. The lowest BCUT2D eigenvalue weighted by molar-refractivity contribution is 0.0890. The Morgan fingerprint density at radius 1 is 1.03 bits per heavy atom. The van der Waals surface area contributed by atoms with Gasteiger partial charge in [0.25, 0.3) is 0 Å². The number of hydrogen-bond acceptors (Lipinski definition) is 5. The number of ether oxygens (including phenoxy) is 1. The van der Waals surface area contributed by atoms with Gasteiger partial charge in [-0.2, -0.15) is 0 Å². The van der Waals surface area contributed by atoms with Crippen molar-refractivity contribution in [3.63, 3.8) is 0 Å². The smallest absolute Gasteiger partial charge is 0.200 e. The van der Waals surface area contributed by atoms with Gasteiger partial charge in [-0.25, -0.2) is 0 Å². The molecule has 0 unspecified atom stereocenters. The molecule has 144 valence electrons. The van der Waals surface area contributed by atoms with E-state index in [0.717, 1.165) is 33.5 Å². The second-order valence-corrected chi connectivity index (χ2v) is 7.94. The monoisotopic (exact) mass is 448 g/mol. The first-order valence-corrected chi connectivity index (χ1v) is 10.1. The number of halogens is 1. The van der Waals surface area contributed by atoms with E-state index < -0.39 is 0 Å². The highest BCUT2D eigenvalue weighted by Crippen LogP contribution is 2.33. The summed E-state index contributed by atoms with van der Waals surface area (Å²) in [5.41, 5.74) is 4.00. The lowest BCUT2D eigenvalue weighted by atomic mass is 10.0. The molecule has 1 aliphatic rings. The van der Waals surface area contributed by atoms with Gasteiger partial charge in [-0.05, 0) is 47.5 Å². The Morgan fingerprint density at radius 3 is 2.62 bits per heavy atom. The Balaban J connectivity index is 1.53. The molecular weight excluding hydrogens is 432 g/mol. The quantitative estimate of drug-likeness (QED) is 0.442. The Morgan fingerprint density at radius 2 is 1.83 bits per heavy atom. The molecule has 0 amide bonds. The standard InChI is InChI=1S/C23H17BrN2O3/c24-17-3-1-16(2-4-17)20-13-28-23-18(22(20)27)5-6-21-19(23)12-26(14-29-21)11-15-7-9-25-10-8-15/h1-10,13H,11-12,14H2. The number of benzene rings is 2. The topological polar surface area (TPSA) is 55.6 Å². The minimum Gasteiger partial charge on any atom is -0.478 e. The van der Waals surface area contributed by atoms with Gasteiger partial charge in [0, 0.05) is 30.0 Å². The van der Waals surface area contributed by atoms with Crippen LogP contribution in [0.2, 0.25) is 0 Å². The minimum absolute atomic E-state index is 0.0392. The van der Waals surface area contributed by atoms with Gasteiger partial charge < -0.3 is 9.15 Å². The zero-order valence-electron chi connectivity index (χ0n) is 15.5. The van der Waals surface area contributed by atoms with Crippen LogP contribution in [-0.4, -0.2) is 16.6 Å². The molecule has 4 aromatic rings. The molecular formula is C23H17BrN2O3. The Hall–Kier alpha value is -2.96. The molecule has 0 spiro atoms. The maximum Gasteiger partial charge on any atom is 0.200 e. The first kappa shape index (κ1) is 18.1. The first-order valence-electron chi connectivity index (χ1n) is 9.26. The zero-order valence-corrected chi connectivity index (χ0v) is 17.1. The van der Waals surface area contributed by atoms with Crippen LogP contribution < -0.4 is 10.2 Å². The average molecular weight is 449 g/mol. The van der Waals surface area contributed by atoms with Crippen molar-refractivity contribution < 1.29 is 9.15 Å². The summed E-state index contributed by atoms with van der Waals surface area (Å²) in [6, 6.07) is 15.3. The van der Waals surface area contributed by atoms with Crippen LogP contribution in [-0.2, 0) is 13.1 Å². The highest BCUT2D eigenvalue weighted by molar-refractivity contribution is 9.10. The zero-order chi connectivity index (χ0) is 19.8. The van der Waals surface area contributed by atoms with Crippen molar-refractivity contribution in [2.45, 2.75) is 13.1 Å². The van der Waals surface area contributed by atoms with Gasteiger partial charge in [-0.3, -0.25) is 14.7 Å². The number of hydrogen-bond donors (Lipinski definition) is 0. The summed E-state index contributed by atoms with van der Waals surface area (Å²) >= 11 is 3.42. The normalized spacial score (nSPS) is 13.8. The van der Waals surface area contributed by atoms with Gasteiger partial charge in [-0.1, -0.05) is 28.1 Å². The molecule has 0 radical (unpaired) electrons. The van der Waals surface area contributed by atoms with Gasteiger partial charge in [-0.15, -0.1) is 0 Å². The second-order valence-electron chi connectivity index (χ2n) is 7.02. The summed E-state index contributed by atoms with van der Waals surface area (Å²) in [5, 5.41) is 0.568. The number of aromatic nitrogens is 1. The van der Waals surface area contributed by atoms with E-state index in [2.05, 4.69) is 25.8 Å². The number of rotatable bonds is 3. The lowest BCUT2D eigenvalue weighted by Gasteiger charge is -2.29. The van der Waals surface area contributed by atoms with Crippen LogP contribution in [0.25, 0.3) is 22.1 Å². The Labute approximate surface area is 175 Å². The van der Waals surface area contributed by atoms with Crippen molar-refractivity contribution in [1.29, 1.82) is 0 Å². The minimum atomic E-state index is -0.0392. The number of fused-ring (bicyclic) bond motifs is 3. The molecule has 29 heavy (non-hydrogen) atoms. The summed E-state index contributed by atoms with van der Waals surface area (Å²) < 4.78 is 12.9. The van der Waals surface area contributed by atoms with Crippen LogP contribution in [0.5, 0.6) is 5.75 Å². The average Bonchev–Trinajstić information content (AvgIpc) is 2.75. The van der Waals surface area contributed by atoms with Crippen molar-refractivity contribution in [2.24, 2.45) is 0 Å². The predicted molar refractivity (Wildman–Crippen MR) is 115 cm³/mol. The molecule has 0 saturated heterocycles. The molecule has 2 aromatic heterocycles. The third kappa shape index (κ3) is 3.45. The van der Waals surface area contributed by atoms with Crippen LogP contribution in [0.4, 0.5) is 0 Å². The molecule has 0 atom stereocenters. The van der Waals surface area contributed by atoms with Gasteiger partial charge in [0.15, 0.2) is 0 Å². The molecule has 0 fully saturated rings. The van der Waals surface area contributed by atoms with Crippen molar-refractivity contribution in [3.8, 4) is 16.9 Å². The van der Waals surface area contributed by atoms with Crippen LogP contribution >= 0.6 is 15.9 Å². The molecule has 5 nitrogen and oxygen atoms in total. The van der Waals surface area contributed by atoms with Crippen LogP contribution in [0.3, 0.4) is 0 Å². The summed E-state index contributed by atoms with van der Waals surface area (Å²) in [6.45, 7) is 1.87. The van der Waals surface area contributed by atoms with E-state index in [0.29, 0.717) is 29.8 Å². The molecule has 2 aromatic carbocycles. The molecule has 0 bridgehead atoms. The summed E-state index contributed by atoms with van der Waals surface area (Å²) in [7, 11) is 0. The van der Waals surface area contributed by atoms with Gasteiger partial charge in [0.1, 0.15) is 24.3 Å².